The highest BCUT2D eigenvalue weighted by molar-refractivity contribution is 6.30. The maximum atomic E-state index is 8.80. The Balaban J connectivity index is 0.000000310. The van der Waals surface area contributed by atoms with Gasteiger partial charge in [-0.1, -0.05) is 0 Å². The average molecular weight is 186 g/mol. The molecule has 0 aromatic heterocycles. The molecule has 0 radical (unpaired) electrons. The lowest BCUT2D eigenvalue weighted by molar-refractivity contribution is 0.278. The van der Waals surface area contributed by atoms with Crippen molar-refractivity contribution in [3.8, 4) is 11.5 Å². The molecule has 0 aliphatic carbocycles. The molecule has 5 nitrogen and oxygen atoms in total. The standard InChI is InChI=1S/C7H8O2.BH3O3/c1-9-7-4-2-6(8)3-5-7;2-1(3)4/h2-5,8H,1H3;2-4H. The molecule has 6 heteroatoms. The van der Waals surface area contributed by atoms with Crippen molar-refractivity contribution in [1.29, 1.82) is 0 Å². The zero-order chi connectivity index (χ0) is 10.3. The SMILES string of the molecule is COc1ccc(O)cc1.OB(O)O. The second-order valence-corrected chi connectivity index (χ2v) is 2.04. The predicted octanol–water partition coefficient (Wildman–Crippen LogP) is -0.651. The topological polar surface area (TPSA) is 90.2 Å². The third-order valence-corrected chi connectivity index (χ3v) is 1.07. The molecule has 4 N–H and O–H groups in total. The summed E-state index contributed by atoms with van der Waals surface area (Å²) >= 11 is 0. The quantitative estimate of drug-likeness (QED) is 0.437. The van der Waals surface area contributed by atoms with Gasteiger partial charge in [0.2, 0.25) is 0 Å². The van der Waals surface area contributed by atoms with E-state index in [4.69, 9.17) is 24.9 Å². The van der Waals surface area contributed by atoms with Crippen LogP contribution in [0, 0.1) is 0 Å². The van der Waals surface area contributed by atoms with E-state index in [2.05, 4.69) is 0 Å². The monoisotopic (exact) mass is 186 g/mol. The lowest BCUT2D eigenvalue weighted by atomic mass is 10.3. The molecule has 1 rings (SSSR count). The summed E-state index contributed by atoms with van der Waals surface area (Å²) in [5.74, 6) is 1.02. The normalized spacial score (nSPS) is 8.31. The van der Waals surface area contributed by atoms with Crippen molar-refractivity contribution < 1.29 is 24.9 Å². The summed E-state index contributed by atoms with van der Waals surface area (Å²) in [6, 6.07) is 6.57. The maximum Gasteiger partial charge on any atom is 0.631 e. The fraction of sp³-hybridized carbons (Fsp3) is 0.143. The fourth-order valence-corrected chi connectivity index (χ4v) is 0.582. The first-order chi connectivity index (χ1) is 6.06. The van der Waals surface area contributed by atoms with E-state index in [9.17, 15) is 0 Å². The number of methoxy groups -OCH3 is 1. The van der Waals surface area contributed by atoms with Gasteiger partial charge in [0, 0.05) is 0 Å². The van der Waals surface area contributed by atoms with E-state index in [1.165, 1.54) is 0 Å². The van der Waals surface area contributed by atoms with Gasteiger partial charge in [0.25, 0.3) is 0 Å². The van der Waals surface area contributed by atoms with Crippen LogP contribution < -0.4 is 4.74 Å². The molecule has 0 spiro atoms. The zero-order valence-electron chi connectivity index (χ0n) is 7.08. The number of hydrogen-bond donors (Lipinski definition) is 4. The van der Waals surface area contributed by atoms with Crippen LogP contribution in [0.5, 0.6) is 11.5 Å². The molecule has 0 heterocycles. The lowest BCUT2D eigenvalue weighted by Crippen LogP contribution is -2.07. The van der Waals surface area contributed by atoms with Gasteiger partial charge in [0.1, 0.15) is 11.5 Å². The van der Waals surface area contributed by atoms with Crippen molar-refractivity contribution in [2.45, 2.75) is 0 Å². The van der Waals surface area contributed by atoms with Crippen LogP contribution in [0.2, 0.25) is 0 Å². The smallest absolute Gasteiger partial charge is 0.508 e. The molecule has 0 saturated carbocycles. The summed E-state index contributed by atoms with van der Waals surface area (Å²) in [4.78, 5) is 0. The first-order valence-corrected chi connectivity index (χ1v) is 3.43. The molecule has 0 fully saturated rings. The van der Waals surface area contributed by atoms with E-state index in [-0.39, 0.29) is 5.75 Å². The Bertz CT molecular complexity index is 220. The van der Waals surface area contributed by atoms with E-state index in [0.29, 0.717) is 0 Å². The first-order valence-electron chi connectivity index (χ1n) is 3.43. The number of ether oxygens (including phenoxy) is 1. The van der Waals surface area contributed by atoms with Crippen molar-refractivity contribution in [3.63, 3.8) is 0 Å². The van der Waals surface area contributed by atoms with Crippen molar-refractivity contribution in [3.05, 3.63) is 24.3 Å². The van der Waals surface area contributed by atoms with Gasteiger partial charge in [-0.3, -0.25) is 0 Å². The minimum Gasteiger partial charge on any atom is -0.508 e. The molecular weight excluding hydrogens is 175 g/mol. The van der Waals surface area contributed by atoms with Crippen LogP contribution in [-0.2, 0) is 0 Å². The summed E-state index contributed by atoms with van der Waals surface area (Å²) in [7, 11) is -0.577. The third-order valence-electron chi connectivity index (χ3n) is 1.07. The number of phenols is 1. The first kappa shape index (κ1) is 11.8. The fourth-order valence-electron chi connectivity index (χ4n) is 0.582. The van der Waals surface area contributed by atoms with Gasteiger partial charge in [-0.05, 0) is 24.3 Å². The molecule has 0 amide bonds. The largest absolute Gasteiger partial charge is 0.631 e. The van der Waals surface area contributed by atoms with Gasteiger partial charge in [-0.2, -0.15) is 0 Å². The second-order valence-electron chi connectivity index (χ2n) is 2.04. The van der Waals surface area contributed by atoms with Crippen LogP contribution in [0.1, 0.15) is 0 Å². The average Bonchev–Trinajstić information content (AvgIpc) is 2.05. The van der Waals surface area contributed by atoms with E-state index < -0.39 is 7.32 Å². The molecule has 0 aliphatic heterocycles. The molecule has 0 bridgehead atoms. The van der Waals surface area contributed by atoms with Gasteiger partial charge < -0.3 is 24.9 Å². The maximum absolute atomic E-state index is 8.80. The number of hydrogen-bond acceptors (Lipinski definition) is 5. The molecule has 1 aromatic rings. The Hall–Kier alpha value is -1.24. The Morgan fingerprint density at radius 3 is 1.77 bits per heavy atom. The van der Waals surface area contributed by atoms with E-state index in [1.54, 1.807) is 31.4 Å². The van der Waals surface area contributed by atoms with Gasteiger partial charge in [0.05, 0.1) is 7.11 Å². The number of rotatable bonds is 1. The third kappa shape index (κ3) is 7.14. The van der Waals surface area contributed by atoms with E-state index >= 15 is 0 Å². The van der Waals surface area contributed by atoms with Crippen LogP contribution >= 0.6 is 0 Å². The Morgan fingerprint density at radius 2 is 1.46 bits per heavy atom. The minimum atomic E-state index is -2.17. The van der Waals surface area contributed by atoms with Crippen LogP contribution in [0.4, 0.5) is 0 Å². The van der Waals surface area contributed by atoms with Crippen LogP contribution in [-0.4, -0.2) is 34.6 Å². The predicted molar refractivity (Wildman–Crippen MR) is 47.1 cm³/mol. The zero-order valence-corrected chi connectivity index (χ0v) is 7.08. The summed E-state index contributed by atoms with van der Waals surface area (Å²) in [6.45, 7) is 0. The molecule has 0 aliphatic rings. The van der Waals surface area contributed by atoms with Gasteiger partial charge in [-0.15, -0.1) is 0 Å². The minimum absolute atomic E-state index is 0.260. The van der Waals surface area contributed by atoms with Gasteiger partial charge >= 0.3 is 7.32 Å². The number of phenolic OH excluding ortho intramolecular Hbond substituents is 1. The molecule has 0 unspecified atom stereocenters. The van der Waals surface area contributed by atoms with Crippen molar-refractivity contribution >= 4 is 7.32 Å². The molecule has 72 valence electrons. The Morgan fingerprint density at radius 1 is 1.08 bits per heavy atom. The van der Waals surface area contributed by atoms with Gasteiger partial charge in [-0.25, -0.2) is 0 Å². The van der Waals surface area contributed by atoms with Crippen molar-refractivity contribution in [2.75, 3.05) is 7.11 Å². The van der Waals surface area contributed by atoms with Crippen molar-refractivity contribution in [1.82, 2.24) is 0 Å². The van der Waals surface area contributed by atoms with E-state index in [1.807, 2.05) is 0 Å². The van der Waals surface area contributed by atoms with Crippen LogP contribution in [0.15, 0.2) is 24.3 Å². The second kappa shape index (κ2) is 6.30. The highest BCUT2D eigenvalue weighted by Crippen LogP contribution is 2.14. The molecule has 0 atom stereocenters. The number of aromatic hydroxyl groups is 1. The molecule has 1 aromatic carbocycles. The summed E-state index contributed by atoms with van der Waals surface area (Å²) in [5.41, 5.74) is 0. The summed E-state index contributed by atoms with van der Waals surface area (Å²) < 4.78 is 4.86. The van der Waals surface area contributed by atoms with Crippen LogP contribution in [0.3, 0.4) is 0 Å². The Kier molecular flexibility index (Phi) is 5.70. The molecule has 13 heavy (non-hydrogen) atoms. The molecule has 0 saturated heterocycles. The van der Waals surface area contributed by atoms with Crippen LogP contribution in [0.25, 0.3) is 0 Å². The van der Waals surface area contributed by atoms with E-state index in [0.717, 1.165) is 5.75 Å². The lowest BCUT2D eigenvalue weighted by Gasteiger charge is -1.96. The summed E-state index contributed by atoms with van der Waals surface area (Å²) in [5, 5.41) is 30.3. The highest BCUT2D eigenvalue weighted by atomic mass is 16.5. The van der Waals surface area contributed by atoms with Crippen molar-refractivity contribution in [2.24, 2.45) is 0 Å². The highest BCUT2D eigenvalue weighted by Gasteiger charge is 1.92. The van der Waals surface area contributed by atoms with Gasteiger partial charge in [0.15, 0.2) is 0 Å². The Labute approximate surface area is 76.0 Å². The molecular formula is C7H11BO5. The summed E-state index contributed by atoms with van der Waals surface area (Å²) in [6.07, 6.45) is 0. The number of benzene rings is 1.